The van der Waals surface area contributed by atoms with Crippen LogP contribution >= 0.6 is 0 Å². The Kier molecular flexibility index (Phi) is 5.25. The van der Waals surface area contributed by atoms with Crippen molar-refractivity contribution in [2.45, 2.75) is 45.6 Å². The van der Waals surface area contributed by atoms with Gasteiger partial charge in [-0.3, -0.25) is 14.5 Å². The molecule has 0 spiro atoms. The fourth-order valence-corrected chi connectivity index (χ4v) is 3.77. The van der Waals surface area contributed by atoms with Gasteiger partial charge in [0.25, 0.3) is 5.78 Å². The normalized spacial score (nSPS) is 17.9. The maximum absolute atomic E-state index is 12.7. The Hall–Kier alpha value is -2.55. The molecule has 2 aromatic rings. The van der Waals surface area contributed by atoms with Gasteiger partial charge in [-0.1, -0.05) is 0 Å². The molecule has 0 atom stereocenters. The maximum Gasteiger partial charge on any atom is 0.252 e. The fraction of sp³-hybridized carbons (Fsp3) is 0.632. The second kappa shape index (κ2) is 7.83. The van der Waals surface area contributed by atoms with Crippen LogP contribution in [0.15, 0.2) is 6.33 Å². The first-order valence-electron chi connectivity index (χ1n) is 9.96. The van der Waals surface area contributed by atoms with Gasteiger partial charge in [-0.05, 0) is 38.7 Å². The summed E-state index contributed by atoms with van der Waals surface area (Å²) < 4.78 is 1.72. The molecule has 1 aliphatic heterocycles. The molecule has 2 amide bonds. The molecule has 4 rings (SSSR count). The molecule has 1 aliphatic carbocycles. The molecule has 1 N–H and O–H groups in total. The van der Waals surface area contributed by atoms with Gasteiger partial charge in [-0.25, -0.2) is 9.50 Å². The molecule has 150 valence electrons. The number of carbonyl (C=O) groups is 2. The molecule has 2 fully saturated rings. The standard InChI is InChI=1S/C19H27N7O2/c1-13-16(14(2)26-19(22-13)20-12-21-26)5-6-18(28)25-9-7-24(8-10-25)11-17(27)23-15-3-4-15/h12,15H,3-11H2,1-2H3,(H,23,27). The van der Waals surface area contributed by atoms with Crippen LogP contribution in [0.3, 0.4) is 0 Å². The van der Waals surface area contributed by atoms with Crippen LogP contribution in [0.1, 0.15) is 36.2 Å². The van der Waals surface area contributed by atoms with Crippen molar-refractivity contribution in [2.24, 2.45) is 0 Å². The zero-order chi connectivity index (χ0) is 19.7. The van der Waals surface area contributed by atoms with Crippen molar-refractivity contribution in [2.75, 3.05) is 32.7 Å². The van der Waals surface area contributed by atoms with Gasteiger partial charge in [0, 0.05) is 50.0 Å². The van der Waals surface area contributed by atoms with Crippen LogP contribution in [0, 0.1) is 13.8 Å². The average Bonchev–Trinajstić information content (AvgIpc) is 3.35. The van der Waals surface area contributed by atoms with Crippen molar-refractivity contribution in [3.05, 3.63) is 23.3 Å². The molecule has 0 bridgehead atoms. The smallest absolute Gasteiger partial charge is 0.252 e. The van der Waals surface area contributed by atoms with Gasteiger partial charge in [0.2, 0.25) is 11.8 Å². The predicted molar refractivity (Wildman–Crippen MR) is 103 cm³/mol. The first-order chi connectivity index (χ1) is 13.5. The molecule has 2 aliphatic rings. The maximum atomic E-state index is 12.7. The van der Waals surface area contributed by atoms with Crippen molar-refractivity contribution >= 4 is 17.6 Å². The Morgan fingerprint density at radius 3 is 2.64 bits per heavy atom. The Morgan fingerprint density at radius 2 is 1.93 bits per heavy atom. The second-order valence-corrected chi connectivity index (χ2v) is 7.73. The van der Waals surface area contributed by atoms with Crippen LogP contribution in [-0.4, -0.2) is 80.0 Å². The highest BCUT2D eigenvalue weighted by molar-refractivity contribution is 5.79. The van der Waals surface area contributed by atoms with Gasteiger partial charge >= 0.3 is 0 Å². The fourth-order valence-electron chi connectivity index (χ4n) is 3.77. The summed E-state index contributed by atoms with van der Waals surface area (Å²) >= 11 is 0. The third-order valence-electron chi connectivity index (χ3n) is 5.61. The molecule has 2 aromatic heterocycles. The van der Waals surface area contributed by atoms with Crippen LogP contribution < -0.4 is 5.32 Å². The van der Waals surface area contributed by atoms with Gasteiger partial charge < -0.3 is 10.2 Å². The van der Waals surface area contributed by atoms with Crippen molar-refractivity contribution < 1.29 is 9.59 Å². The largest absolute Gasteiger partial charge is 0.352 e. The Morgan fingerprint density at radius 1 is 1.18 bits per heavy atom. The molecular weight excluding hydrogens is 358 g/mol. The van der Waals surface area contributed by atoms with E-state index in [-0.39, 0.29) is 11.8 Å². The highest BCUT2D eigenvalue weighted by Crippen LogP contribution is 2.18. The number of aromatic nitrogens is 4. The van der Waals surface area contributed by atoms with Crippen molar-refractivity contribution in [1.29, 1.82) is 0 Å². The van der Waals surface area contributed by atoms with Gasteiger partial charge in [0.05, 0.1) is 6.54 Å². The van der Waals surface area contributed by atoms with Crippen LogP contribution in [0.5, 0.6) is 0 Å². The lowest BCUT2D eigenvalue weighted by Crippen LogP contribution is -2.51. The highest BCUT2D eigenvalue weighted by atomic mass is 16.2. The Bertz CT molecular complexity index is 882. The molecule has 3 heterocycles. The van der Waals surface area contributed by atoms with E-state index in [2.05, 4.69) is 25.3 Å². The molecule has 28 heavy (non-hydrogen) atoms. The van der Waals surface area contributed by atoms with Crippen molar-refractivity contribution in [3.63, 3.8) is 0 Å². The number of fused-ring (bicyclic) bond motifs is 1. The summed E-state index contributed by atoms with van der Waals surface area (Å²) in [6.45, 7) is 7.21. The summed E-state index contributed by atoms with van der Waals surface area (Å²) in [5, 5.41) is 7.22. The molecule has 0 aromatic carbocycles. The van der Waals surface area contributed by atoms with Crippen LogP contribution in [0.4, 0.5) is 0 Å². The molecule has 9 nitrogen and oxygen atoms in total. The first-order valence-corrected chi connectivity index (χ1v) is 9.96. The van der Waals surface area contributed by atoms with Gasteiger partial charge in [-0.2, -0.15) is 10.1 Å². The lowest BCUT2D eigenvalue weighted by molar-refractivity contribution is -0.133. The zero-order valence-electron chi connectivity index (χ0n) is 16.5. The van der Waals surface area contributed by atoms with E-state index in [1.165, 1.54) is 6.33 Å². The molecule has 1 saturated carbocycles. The minimum atomic E-state index is 0.101. The van der Waals surface area contributed by atoms with E-state index in [0.29, 0.717) is 44.3 Å². The summed E-state index contributed by atoms with van der Waals surface area (Å²) in [6, 6.07) is 0.397. The van der Waals surface area contributed by atoms with Crippen molar-refractivity contribution in [3.8, 4) is 0 Å². The number of piperazine rings is 1. The lowest BCUT2D eigenvalue weighted by atomic mass is 10.1. The van der Waals surface area contributed by atoms with E-state index in [1.54, 1.807) is 4.52 Å². The van der Waals surface area contributed by atoms with Crippen molar-refractivity contribution in [1.82, 2.24) is 34.7 Å². The SMILES string of the molecule is Cc1nc2ncnn2c(C)c1CCC(=O)N1CCN(CC(=O)NC2CC2)CC1. The number of nitrogens with one attached hydrogen (secondary N) is 1. The van der Waals surface area contributed by atoms with Crippen LogP contribution in [0.25, 0.3) is 5.78 Å². The molecule has 9 heteroatoms. The van der Waals surface area contributed by atoms with Gasteiger partial charge in [0.15, 0.2) is 0 Å². The first kappa shape index (κ1) is 18.8. The minimum absolute atomic E-state index is 0.101. The molecule has 0 unspecified atom stereocenters. The van der Waals surface area contributed by atoms with Gasteiger partial charge in [0.1, 0.15) is 6.33 Å². The quantitative estimate of drug-likeness (QED) is 0.758. The van der Waals surface area contributed by atoms with E-state index in [9.17, 15) is 9.59 Å². The third kappa shape index (κ3) is 4.14. The summed E-state index contributed by atoms with van der Waals surface area (Å²) in [7, 11) is 0. The summed E-state index contributed by atoms with van der Waals surface area (Å²) in [5.41, 5.74) is 2.94. The Labute approximate surface area is 164 Å². The monoisotopic (exact) mass is 385 g/mol. The average molecular weight is 385 g/mol. The topological polar surface area (TPSA) is 95.7 Å². The summed E-state index contributed by atoms with van der Waals surface area (Å²) in [6.07, 6.45) is 4.79. The van der Waals surface area contributed by atoms with Crippen LogP contribution in [0.2, 0.25) is 0 Å². The summed E-state index contributed by atoms with van der Waals surface area (Å²) in [4.78, 5) is 37.2. The number of carbonyl (C=O) groups excluding carboxylic acids is 2. The number of hydrogen-bond acceptors (Lipinski definition) is 6. The number of rotatable bonds is 6. The summed E-state index contributed by atoms with van der Waals surface area (Å²) in [5.74, 6) is 0.843. The van der Waals surface area contributed by atoms with E-state index < -0.39 is 0 Å². The number of amides is 2. The van der Waals surface area contributed by atoms with E-state index in [0.717, 1.165) is 42.9 Å². The van der Waals surface area contributed by atoms with E-state index in [1.807, 2.05) is 18.7 Å². The number of hydrogen-bond donors (Lipinski definition) is 1. The molecular formula is C19H27N7O2. The zero-order valence-corrected chi connectivity index (χ0v) is 16.5. The lowest BCUT2D eigenvalue weighted by Gasteiger charge is -2.34. The third-order valence-corrected chi connectivity index (χ3v) is 5.61. The highest BCUT2D eigenvalue weighted by Gasteiger charge is 2.26. The molecule has 0 radical (unpaired) electrons. The van der Waals surface area contributed by atoms with Gasteiger partial charge in [-0.15, -0.1) is 0 Å². The Balaban J connectivity index is 1.27. The van der Waals surface area contributed by atoms with E-state index >= 15 is 0 Å². The van der Waals surface area contributed by atoms with E-state index in [4.69, 9.17) is 0 Å². The van der Waals surface area contributed by atoms with Crippen LogP contribution in [-0.2, 0) is 16.0 Å². The number of aryl methyl sites for hydroxylation is 2. The predicted octanol–water partition coefficient (Wildman–Crippen LogP) is 0.0965. The number of nitrogens with zero attached hydrogens (tertiary/aromatic N) is 6. The minimum Gasteiger partial charge on any atom is -0.352 e. The molecule has 1 saturated heterocycles. The second-order valence-electron chi connectivity index (χ2n) is 7.73.